The number of hydrogen-bond donors (Lipinski definition) is 1. The van der Waals surface area contributed by atoms with Crippen molar-refractivity contribution in [3.05, 3.63) is 11.8 Å². The maximum Gasteiger partial charge on any atom is 0.247 e. The summed E-state index contributed by atoms with van der Waals surface area (Å²) in [6.45, 7) is 4.49. The Morgan fingerprint density at radius 2 is 2.44 bits per heavy atom. The highest BCUT2D eigenvalue weighted by Gasteiger charge is 2.31. The Kier molecular flexibility index (Phi) is 3.96. The Morgan fingerprint density at radius 1 is 1.67 bits per heavy atom. The minimum absolute atomic E-state index is 0.0810. The lowest BCUT2D eigenvalue weighted by Crippen LogP contribution is -2.44. The highest BCUT2D eigenvalue weighted by molar-refractivity contribution is 7.10. The minimum atomic E-state index is -0.359. The van der Waals surface area contributed by atoms with E-state index in [2.05, 4.69) is 9.69 Å². The van der Waals surface area contributed by atoms with Gasteiger partial charge < -0.3 is 10.2 Å². The second kappa shape index (κ2) is 5.48. The number of anilines is 1. The zero-order valence-corrected chi connectivity index (χ0v) is 11.4. The molecule has 18 heavy (non-hydrogen) atoms. The van der Waals surface area contributed by atoms with Crippen LogP contribution in [0.3, 0.4) is 0 Å². The third kappa shape index (κ3) is 2.69. The minimum Gasteiger partial charge on any atom is -0.331 e. The van der Waals surface area contributed by atoms with Gasteiger partial charge in [-0.25, -0.2) is 0 Å². The molecule has 1 aliphatic heterocycles. The van der Waals surface area contributed by atoms with Crippen LogP contribution in [0.15, 0.2) is 6.07 Å². The monoisotopic (exact) mass is 267 g/mol. The number of likely N-dealkylation sites (tertiary alicyclic amines) is 1. The van der Waals surface area contributed by atoms with Gasteiger partial charge in [-0.15, -0.1) is 0 Å². The van der Waals surface area contributed by atoms with E-state index in [0.717, 1.165) is 17.1 Å². The molecule has 1 saturated heterocycles. The predicted molar refractivity (Wildman–Crippen MR) is 70.5 cm³/mol. The quantitative estimate of drug-likeness (QED) is 0.904. The summed E-state index contributed by atoms with van der Waals surface area (Å²) in [6.07, 6.45) is 2.04. The average Bonchev–Trinajstić information content (AvgIpc) is 2.90. The number of aromatic nitrogens is 1. The van der Waals surface area contributed by atoms with Gasteiger partial charge in [0.05, 0.1) is 5.69 Å². The van der Waals surface area contributed by atoms with Crippen molar-refractivity contribution in [2.45, 2.75) is 39.2 Å². The van der Waals surface area contributed by atoms with E-state index in [1.165, 1.54) is 11.5 Å². The number of rotatable bonds is 4. The molecule has 0 aliphatic carbocycles. The molecule has 1 fully saturated rings. The molecule has 5 nitrogen and oxygen atoms in total. The fourth-order valence-corrected chi connectivity index (χ4v) is 2.84. The van der Waals surface area contributed by atoms with Gasteiger partial charge in [0, 0.05) is 13.0 Å². The summed E-state index contributed by atoms with van der Waals surface area (Å²) in [6, 6.07) is 1.48. The van der Waals surface area contributed by atoms with Crippen LogP contribution in [0.1, 0.15) is 31.9 Å². The Labute approximate surface area is 110 Å². The van der Waals surface area contributed by atoms with Gasteiger partial charge in [-0.1, -0.05) is 6.92 Å². The second-order valence-electron chi connectivity index (χ2n) is 4.44. The number of amides is 2. The van der Waals surface area contributed by atoms with Crippen LogP contribution in [-0.2, 0) is 9.59 Å². The molecule has 0 aromatic carbocycles. The maximum absolute atomic E-state index is 12.2. The largest absolute Gasteiger partial charge is 0.331 e. The van der Waals surface area contributed by atoms with Crippen LogP contribution < -0.4 is 5.32 Å². The van der Waals surface area contributed by atoms with Crippen LogP contribution in [0.25, 0.3) is 0 Å². The molecule has 1 aromatic rings. The van der Waals surface area contributed by atoms with Crippen molar-refractivity contribution in [1.29, 1.82) is 0 Å². The molecule has 2 rings (SSSR count). The van der Waals surface area contributed by atoms with Gasteiger partial charge in [-0.2, -0.15) is 4.37 Å². The van der Waals surface area contributed by atoms with Crippen LogP contribution in [0.5, 0.6) is 0 Å². The first kappa shape index (κ1) is 13.0. The molecule has 1 atom stereocenters. The van der Waals surface area contributed by atoms with Gasteiger partial charge in [0.2, 0.25) is 11.8 Å². The standard InChI is InChI=1S/C12H17N3O2S/c1-3-9(15-6-4-5-11(15)16)12(17)13-10-7-8(2)14-18-10/h7,9H,3-6H2,1-2H3,(H,13,17)/t9-/m0/s1. The van der Waals surface area contributed by atoms with Gasteiger partial charge in [0.1, 0.15) is 11.0 Å². The van der Waals surface area contributed by atoms with Crippen LogP contribution >= 0.6 is 11.5 Å². The first-order chi connectivity index (χ1) is 8.61. The van der Waals surface area contributed by atoms with Crippen molar-refractivity contribution in [1.82, 2.24) is 9.27 Å². The van der Waals surface area contributed by atoms with Crippen LogP contribution in [0, 0.1) is 6.92 Å². The van der Waals surface area contributed by atoms with Crippen LogP contribution in [-0.4, -0.2) is 33.7 Å². The van der Waals surface area contributed by atoms with E-state index >= 15 is 0 Å². The molecule has 0 radical (unpaired) electrons. The first-order valence-electron chi connectivity index (χ1n) is 6.15. The number of carbonyl (C=O) groups is 2. The average molecular weight is 267 g/mol. The van der Waals surface area contributed by atoms with Gasteiger partial charge in [0.25, 0.3) is 0 Å². The lowest BCUT2D eigenvalue weighted by Gasteiger charge is -2.25. The fourth-order valence-electron chi connectivity index (χ4n) is 2.17. The molecule has 1 aromatic heterocycles. The molecule has 0 spiro atoms. The van der Waals surface area contributed by atoms with Gasteiger partial charge in [-0.05, 0) is 37.4 Å². The van der Waals surface area contributed by atoms with E-state index in [0.29, 0.717) is 19.4 Å². The smallest absolute Gasteiger partial charge is 0.247 e. The number of carbonyl (C=O) groups excluding carboxylic acids is 2. The van der Waals surface area contributed by atoms with Crippen molar-refractivity contribution in [2.24, 2.45) is 0 Å². The summed E-state index contributed by atoms with van der Waals surface area (Å²) in [5.41, 5.74) is 0.889. The predicted octanol–water partition coefficient (Wildman–Crippen LogP) is 1.79. The number of aryl methyl sites for hydroxylation is 1. The number of nitrogens with zero attached hydrogens (tertiary/aromatic N) is 2. The van der Waals surface area contributed by atoms with Gasteiger partial charge in [0.15, 0.2) is 0 Å². The topological polar surface area (TPSA) is 62.3 Å². The summed E-state index contributed by atoms with van der Waals surface area (Å²) in [5.74, 6) is -0.0334. The highest BCUT2D eigenvalue weighted by Crippen LogP contribution is 2.20. The summed E-state index contributed by atoms with van der Waals surface area (Å²) in [5, 5.41) is 3.57. The second-order valence-corrected chi connectivity index (χ2v) is 5.24. The van der Waals surface area contributed by atoms with E-state index in [1.807, 2.05) is 19.9 Å². The molecule has 0 unspecified atom stereocenters. The summed E-state index contributed by atoms with van der Waals surface area (Å²) in [4.78, 5) is 25.5. The zero-order chi connectivity index (χ0) is 13.1. The maximum atomic E-state index is 12.2. The van der Waals surface area contributed by atoms with Crippen molar-refractivity contribution in [2.75, 3.05) is 11.9 Å². The van der Waals surface area contributed by atoms with Crippen molar-refractivity contribution < 1.29 is 9.59 Å². The van der Waals surface area contributed by atoms with E-state index in [9.17, 15) is 9.59 Å². The number of hydrogen-bond acceptors (Lipinski definition) is 4. The highest BCUT2D eigenvalue weighted by atomic mass is 32.1. The molecule has 6 heteroatoms. The molecule has 2 amide bonds. The lowest BCUT2D eigenvalue weighted by molar-refractivity contribution is -0.135. The third-order valence-corrected chi connectivity index (χ3v) is 3.85. The Morgan fingerprint density at radius 3 is 2.94 bits per heavy atom. The molecule has 0 saturated carbocycles. The number of nitrogens with one attached hydrogen (secondary N) is 1. The van der Waals surface area contributed by atoms with Crippen LogP contribution in [0.2, 0.25) is 0 Å². The first-order valence-corrected chi connectivity index (χ1v) is 6.92. The summed E-state index contributed by atoms with van der Waals surface area (Å²) in [7, 11) is 0. The zero-order valence-electron chi connectivity index (χ0n) is 10.6. The third-order valence-electron chi connectivity index (χ3n) is 3.05. The van der Waals surface area contributed by atoms with Gasteiger partial charge in [-0.3, -0.25) is 9.59 Å². The van der Waals surface area contributed by atoms with E-state index in [1.54, 1.807) is 4.90 Å². The van der Waals surface area contributed by atoms with E-state index in [4.69, 9.17) is 0 Å². The summed E-state index contributed by atoms with van der Waals surface area (Å²) >= 11 is 1.26. The molecule has 1 N–H and O–H groups in total. The SMILES string of the molecule is CC[C@@H](C(=O)Nc1cc(C)ns1)N1CCCC1=O. The Bertz CT molecular complexity index is 458. The van der Waals surface area contributed by atoms with Crippen LogP contribution in [0.4, 0.5) is 5.00 Å². The molecule has 0 bridgehead atoms. The van der Waals surface area contributed by atoms with Gasteiger partial charge >= 0.3 is 0 Å². The van der Waals surface area contributed by atoms with E-state index < -0.39 is 0 Å². The fraction of sp³-hybridized carbons (Fsp3) is 0.583. The molecule has 98 valence electrons. The van der Waals surface area contributed by atoms with Crippen molar-refractivity contribution in [3.63, 3.8) is 0 Å². The molecule has 1 aliphatic rings. The Hall–Kier alpha value is -1.43. The molecular weight excluding hydrogens is 250 g/mol. The lowest BCUT2D eigenvalue weighted by atomic mass is 10.2. The Balaban J connectivity index is 2.03. The van der Waals surface area contributed by atoms with E-state index in [-0.39, 0.29) is 17.9 Å². The molecule has 2 heterocycles. The van der Waals surface area contributed by atoms with Crippen molar-refractivity contribution >= 4 is 28.3 Å². The van der Waals surface area contributed by atoms with Crippen molar-refractivity contribution in [3.8, 4) is 0 Å². The summed E-state index contributed by atoms with van der Waals surface area (Å²) < 4.78 is 4.11. The normalized spacial score (nSPS) is 17.0. The molecular formula is C12H17N3O2S.